The van der Waals surface area contributed by atoms with Gasteiger partial charge in [0.1, 0.15) is 12.2 Å². The van der Waals surface area contributed by atoms with Crippen LogP contribution in [0.5, 0.6) is 0 Å². The van der Waals surface area contributed by atoms with E-state index in [1.54, 1.807) is 0 Å². The fraction of sp³-hybridized carbons (Fsp3) is 0.727. The van der Waals surface area contributed by atoms with Crippen LogP contribution in [0.25, 0.3) is 0 Å². The van der Waals surface area contributed by atoms with E-state index < -0.39 is 0 Å². The average molecular weight is 239 g/mol. The SMILES string of the molecule is CC(C)NCCC(=O)NCCCc1ncn[nH]1. The topological polar surface area (TPSA) is 82.7 Å². The van der Waals surface area contributed by atoms with Crippen molar-refractivity contribution in [3.8, 4) is 0 Å². The first-order chi connectivity index (χ1) is 8.18. The van der Waals surface area contributed by atoms with Crippen LogP contribution in [-0.4, -0.2) is 40.2 Å². The number of hydrogen-bond donors (Lipinski definition) is 3. The second-order valence-electron chi connectivity index (χ2n) is 4.24. The van der Waals surface area contributed by atoms with E-state index in [0.29, 0.717) is 19.0 Å². The van der Waals surface area contributed by atoms with Crippen molar-refractivity contribution in [3.05, 3.63) is 12.2 Å². The van der Waals surface area contributed by atoms with E-state index in [2.05, 4.69) is 39.7 Å². The molecule has 0 aliphatic rings. The molecule has 0 spiro atoms. The second kappa shape index (κ2) is 7.78. The lowest BCUT2D eigenvalue weighted by Crippen LogP contribution is -2.31. The molecule has 1 aromatic rings. The van der Waals surface area contributed by atoms with Crippen LogP contribution < -0.4 is 10.6 Å². The van der Waals surface area contributed by atoms with E-state index in [1.165, 1.54) is 6.33 Å². The van der Waals surface area contributed by atoms with Gasteiger partial charge in [0, 0.05) is 32.0 Å². The van der Waals surface area contributed by atoms with Gasteiger partial charge < -0.3 is 10.6 Å². The fourth-order valence-corrected chi connectivity index (χ4v) is 1.40. The zero-order chi connectivity index (χ0) is 12.5. The maximum Gasteiger partial charge on any atom is 0.221 e. The monoisotopic (exact) mass is 239 g/mol. The van der Waals surface area contributed by atoms with Crippen LogP contribution >= 0.6 is 0 Å². The smallest absolute Gasteiger partial charge is 0.221 e. The molecule has 0 bridgehead atoms. The standard InChI is InChI=1S/C11H21N5O/c1-9(2)12-7-5-11(17)13-6-3-4-10-14-8-15-16-10/h8-9,12H,3-7H2,1-2H3,(H,13,17)(H,14,15,16). The van der Waals surface area contributed by atoms with Crippen LogP contribution in [0.2, 0.25) is 0 Å². The van der Waals surface area contributed by atoms with Crippen molar-refractivity contribution in [2.24, 2.45) is 0 Å². The summed E-state index contributed by atoms with van der Waals surface area (Å²) < 4.78 is 0. The Labute approximate surface area is 102 Å². The molecule has 0 fully saturated rings. The molecule has 6 nitrogen and oxygen atoms in total. The molecule has 1 aromatic heterocycles. The molecule has 0 saturated heterocycles. The van der Waals surface area contributed by atoms with Gasteiger partial charge in [-0.05, 0) is 6.42 Å². The summed E-state index contributed by atoms with van der Waals surface area (Å²) >= 11 is 0. The lowest BCUT2D eigenvalue weighted by atomic mass is 10.3. The number of H-pyrrole nitrogens is 1. The number of nitrogens with one attached hydrogen (secondary N) is 3. The van der Waals surface area contributed by atoms with Crippen LogP contribution in [-0.2, 0) is 11.2 Å². The minimum atomic E-state index is 0.0933. The summed E-state index contributed by atoms with van der Waals surface area (Å²) in [6, 6.07) is 0.425. The van der Waals surface area contributed by atoms with Gasteiger partial charge in [-0.15, -0.1) is 0 Å². The third-order valence-corrected chi connectivity index (χ3v) is 2.28. The average Bonchev–Trinajstić information content (AvgIpc) is 2.76. The summed E-state index contributed by atoms with van der Waals surface area (Å²) in [5, 5.41) is 12.6. The van der Waals surface area contributed by atoms with Crippen LogP contribution in [0.3, 0.4) is 0 Å². The number of amides is 1. The fourth-order valence-electron chi connectivity index (χ4n) is 1.40. The maximum absolute atomic E-state index is 11.4. The summed E-state index contributed by atoms with van der Waals surface area (Å²) in [7, 11) is 0. The first-order valence-corrected chi connectivity index (χ1v) is 6.03. The van der Waals surface area contributed by atoms with Crippen molar-refractivity contribution < 1.29 is 4.79 Å². The molecule has 0 atom stereocenters. The second-order valence-corrected chi connectivity index (χ2v) is 4.24. The molecule has 17 heavy (non-hydrogen) atoms. The van der Waals surface area contributed by atoms with Crippen molar-refractivity contribution in [3.63, 3.8) is 0 Å². The van der Waals surface area contributed by atoms with E-state index in [9.17, 15) is 4.79 Å². The Balaban J connectivity index is 1.97. The summed E-state index contributed by atoms with van der Waals surface area (Å²) in [6.45, 7) is 5.54. The molecule has 0 saturated carbocycles. The third-order valence-electron chi connectivity index (χ3n) is 2.28. The molecule has 0 aliphatic heterocycles. The molecule has 1 heterocycles. The number of aromatic nitrogens is 3. The van der Waals surface area contributed by atoms with E-state index in [1.807, 2.05) is 0 Å². The Hall–Kier alpha value is -1.43. The number of nitrogens with zero attached hydrogens (tertiary/aromatic N) is 2. The zero-order valence-corrected chi connectivity index (χ0v) is 10.5. The van der Waals surface area contributed by atoms with Gasteiger partial charge in [-0.3, -0.25) is 9.89 Å². The molecule has 6 heteroatoms. The molecule has 1 amide bonds. The Kier molecular flexibility index (Phi) is 6.24. The quantitative estimate of drug-likeness (QED) is 0.568. The number of carbonyl (C=O) groups excluding carboxylic acids is 1. The first kappa shape index (κ1) is 13.6. The number of aromatic amines is 1. The highest BCUT2D eigenvalue weighted by Gasteiger charge is 2.01. The predicted octanol–water partition coefficient (Wildman–Crippen LogP) is 0.242. The summed E-state index contributed by atoms with van der Waals surface area (Å²) in [6.07, 6.45) is 3.70. The molecule has 3 N–H and O–H groups in total. The highest BCUT2D eigenvalue weighted by Crippen LogP contribution is 1.91. The molecular weight excluding hydrogens is 218 g/mol. The molecule has 0 aliphatic carbocycles. The van der Waals surface area contributed by atoms with Gasteiger partial charge in [0.25, 0.3) is 0 Å². The Morgan fingerprint density at radius 1 is 1.47 bits per heavy atom. The van der Waals surface area contributed by atoms with Crippen molar-refractivity contribution >= 4 is 5.91 Å². The summed E-state index contributed by atoms with van der Waals surface area (Å²) in [4.78, 5) is 15.4. The predicted molar refractivity (Wildman–Crippen MR) is 65.5 cm³/mol. The zero-order valence-electron chi connectivity index (χ0n) is 10.5. The normalized spacial score (nSPS) is 10.8. The van der Waals surface area contributed by atoms with Crippen molar-refractivity contribution in [2.75, 3.05) is 13.1 Å². The highest BCUT2D eigenvalue weighted by atomic mass is 16.1. The van der Waals surface area contributed by atoms with Gasteiger partial charge in [-0.1, -0.05) is 13.8 Å². The van der Waals surface area contributed by atoms with E-state index in [4.69, 9.17) is 0 Å². The third kappa shape index (κ3) is 6.68. The van der Waals surface area contributed by atoms with E-state index >= 15 is 0 Å². The van der Waals surface area contributed by atoms with Crippen LogP contribution in [0.4, 0.5) is 0 Å². The highest BCUT2D eigenvalue weighted by molar-refractivity contribution is 5.75. The lowest BCUT2D eigenvalue weighted by Gasteiger charge is -2.08. The minimum Gasteiger partial charge on any atom is -0.356 e. The Morgan fingerprint density at radius 3 is 2.94 bits per heavy atom. The van der Waals surface area contributed by atoms with Crippen molar-refractivity contribution in [1.82, 2.24) is 25.8 Å². The van der Waals surface area contributed by atoms with Gasteiger partial charge in [0.05, 0.1) is 0 Å². The molecular formula is C11H21N5O. The van der Waals surface area contributed by atoms with Gasteiger partial charge in [0.2, 0.25) is 5.91 Å². The maximum atomic E-state index is 11.4. The number of rotatable bonds is 8. The first-order valence-electron chi connectivity index (χ1n) is 6.03. The van der Waals surface area contributed by atoms with E-state index in [0.717, 1.165) is 25.2 Å². The van der Waals surface area contributed by atoms with Gasteiger partial charge in [0.15, 0.2) is 0 Å². The van der Waals surface area contributed by atoms with Crippen molar-refractivity contribution in [2.45, 2.75) is 39.2 Å². The largest absolute Gasteiger partial charge is 0.356 e. The molecule has 96 valence electrons. The van der Waals surface area contributed by atoms with Crippen LogP contribution in [0.1, 0.15) is 32.5 Å². The molecule has 1 rings (SSSR count). The summed E-state index contributed by atoms with van der Waals surface area (Å²) in [5.41, 5.74) is 0. The summed E-state index contributed by atoms with van der Waals surface area (Å²) in [5.74, 6) is 0.955. The molecule has 0 unspecified atom stereocenters. The Morgan fingerprint density at radius 2 is 2.29 bits per heavy atom. The van der Waals surface area contributed by atoms with Gasteiger partial charge in [-0.25, -0.2) is 4.98 Å². The molecule has 0 aromatic carbocycles. The number of hydrogen-bond acceptors (Lipinski definition) is 4. The lowest BCUT2D eigenvalue weighted by molar-refractivity contribution is -0.121. The van der Waals surface area contributed by atoms with E-state index in [-0.39, 0.29) is 5.91 Å². The van der Waals surface area contributed by atoms with Crippen molar-refractivity contribution in [1.29, 1.82) is 0 Å². The minimum absolute atomic E-state index is 0.0933. The van der Waals surface area contributed by atoms with Gasteiger partial charge in [-0.2, -0.15) is 5.10 Å². The van der Waals surface area contributed by atoms with Crippen LogP contribution in [0, 0.1) is 0 Å². The van der Waals surface area contributed by atoms with Crippen LogP contribution in [0.15, 0.2) is 6.33 Å². The molecule has 0 radical (unpaired) electrons. The van der Waals surface area contributed by atoms with Gasteiger partial charge >= 0.3 is 0 Å². The Bertz CT molecular complexity index is 310. The number of aryl methyl sites for hydroxylation is 1. The number of carbonyl (C=O) groups is 1.